The third-order valence-corrected chi connectivity index (χ3v) is 3.66. The molecule has 0 fully saturated rings. The summed E-state index contributed by atoms with van der Waals surface area (Å²) in [5.41, 5.74) is -0.418. The molecule has 1 heterocycles. The van der Waals surface area contributed by atoms with Gasteiger partial charge in [0.1, 0.15) is 5.56 Å². The van der Waals surface area contributed by atoms with Crippen LogP contribution in [0.4, 0.5) is 0 Å². The molecular formula is C16H9BrO5. The third kappa shape index (κ3) is 2.27. The number of carboxylic acids is 1. The quantitative estimate of drug-likeness (QED) is 0.728. The molecular weight excluding hydrogens is 352 g/mol. The summed E-state index contributed by atoms with van der Waals surface area (Å²) in [7, 11) is 0. The summed E-state index contributed by atoms with van der Waals surface area (Å²) in [6.07, 6.45) is 0. The van der Waals surface area contributed by atoms with Crippen LogP contribution in [0.5, 0.6) is 5.75 Å². The van der Waals surface area contributed by atoms with Gasteiger partial charge in [-0.05, 0) is 12.1 Å². The maximum atomic E-state index is 12.3. The molecule has 6 heteroatoms. The number of aromatic carboxylic acids is 1. The van der Waals surface area contributed by atoms with Gasteiger partial charge in [-0.1, -0.05) is 46.3 Å². The van der Waals surface area contributed by atoms with Gasteiger partial charge in [0.05, 0.1) is 5.39 Å². The van der Waals surface area contributed by atoms with Crippen molar-refractivity contribution < 1.29 is 19.4 Å². The van der Waals surface area contributed by atoms with E-state index in [0.29, 0.717) is 10.0 Å². The fourth-order valence-electron chi connectivity index (χ4n) is 2.20. The van der Waals surface area contributed by atoms with E-state index >= 15 is 0 Å². The number of aromatic hydroxyl groups is 1. The minimum absolute atomic E-state index is 0.00366. The van der Waals surface area contributed by atoms with E-state index in [4.69, 9.17) is 4.42 Å². The van der Waals surface area contributed by atoms with Crippen LogP contribution in [-0.2, 0) is 0 Å². The van der Waals surface area contributed by atoms with Crippen LogP contribution in [0.1, 0.15) is 10.4 Å². The summed E-state index contributed by atoms with van der Waals surface area (Å²) in [5.74, 6) is -1.82. The van der Waals surface area contributed by atoms with Crippen molar-refractivity contribution in [2.45, 2.75) is 0 Å². The molecule has 0 saturated carbocycles. The first-order valence-corrected chi connectivity index (χ1v) is 7.06. The van der Waals surface area contributed by atoms with Crippen LogP contribution < -0.4 is 5.43 Å². The average Bonchev–Trinajstić information content (AvgIpc) is 2.51. The second-order valence-electron chi connectivity index (χ2n) is 4.61. The number of hydrogen-bond acceptors (Lipinski definition) is 4. The van der Waals surface area contributed by atoms with Crippen LogP contribution in [0.25, 0.3) is 22.3 Å². The van der Waals surface area contributed by atoms with Crippen molar-refractivity contribution in [3.05, 3.63) is 62.7 Å². The Labute approximate surface area is 132 Å². The Hall–Kier alpha value is -2.60. The highest BCUT2D eigenvalue weighted by molar-refractivity contribution is 9.10. The van der Waals surface area contributed by atoms with E-state index < -0.39 is 17.1 Å². The molecule has 3 rings (SSSR count). The normalized spacial score (nSPS) is 10.8. The van der Waals surface area contributed by atoms with Crippen LogP contribution in [0.2, 0.25) is 0 Å². The maximum Gasteiger partial charge on any atom is 0.339 e. The lowest BCUT2D eigenvalue weighted by atomic mass is 10.1. The first-order chi connectivity index (χ1) is 10.5. The van der Waals surface area contributed by atoms with Gasteiger partial charge >= 0.3 is 5.97 Å². The molecule has 22 heavy (non-hydrogen) atoms. The monoisotopic (exact) mass is 360 g/mol. The Balaban J connectivity index is 2.46. The molecule has 3 aromatic rings. The highest BCUT2D eigenvalue weighted by Gasteiger charge is 2.20. The van der Waals surface area contributed by atoms with Gasteiger partial charge in [0.25, 0.3) is 0 Å². The number of fused-ring (bicyclic) bond motifs is 1. The van der Waals surface area contributed by atoms with E-state index in [0.717, 1.165) is 0 Å². The van der Waals surface area contributed by atoms with Crippen molar-refractivity contribution >= 4 is 32.9 Å². The second kappa shape index (κ2) is 5.31. The predicted octanol–water partition coefficient (Wildman–Crippen LogP) is 3.63. The summed E-state index contributed by atoms with van der Waals surface area (Å²) in [6.45, 7) is 0. The lowest BCUT2D eigenvalue weighted by Gasteiger charge is -2.08. The first kappa shape index (κ1) is 14.3. The molecule has 1 aromatic heterocycles. The fraction of sp³-hybridized carbons (Fsp3) is 0. The van der Waals surface area contributed by atoms with Crippen molar-refractivity contribution in [2.75, 3.05) is 0 Å². The van der Waals surface area contributed by atoms with Gasteiger partial charge in [0, 0.05) is 10.0 Å². The van der Waals surface area contributed by atoms with E-state index in [2.05, 4.69) is 15.9 Å². The summed E-state index contributed by atoms with van der Waals surface area (Å²) in [5, 5.41) is 19.4. The van der Waals surface area contributed by atoms with Crippen molar-refractivity contribution in [2.24, 2.45) is 0 Å². The van der Waals surface area contributed by atoms with Gasteiger partial charge in [0.2, 0.25) is 11.2 Å². The zero-order chi connectivity index (χ0) is 15.9. The molecule has 0 aliphatic heterocycles. The maximum absolute atomic E-state index is 12.3. The van der Waals surface area contributed by atoms with Gasteiger partial charge in [-0.3, -0.25) is 4.79 Å². The van der Waals surface area contributed by atoms with Crippen molar-refractivity contribution in [3.63, 3.8) is 0 Å². The van der Waals surface area contributed by atoms with E-state index in [1.807, 2.05) is 0 Å². The molecule has 0 amide bonds. The number of carboxylic acid groups (broad SMARTS) is 1. The SMILES string of the molecule is O=C(O)c1cc(Br)cc2c(=O)c(O)c(-c3ccccc3)oc12. The Bertz CT molecular complexity index is 944. The zero-order valence-corrected chi connectivity index (χ0v) is 12.6. The minimum Gasteiger partial charge on any atom is -0.502 e. The van der Waals surface area contributed by atoms with Crippen LogP contribution >= 0.6 is 15.9 Å². The van der Waals surface area contributed by atoms with Gasteiger partial charge in [-0.2, -0.15) is 0 Å². The minimum atomic E-state index is -1.22. The Morgan fingerprint density at radius 2 is 1.82 bits per heavy atom. The molecule has 0 aliphatic carbocycles. The van der Waals surface area contributed by atoms with E-state index in [9.17, 15) is 19.8 Å². The smallest absolute Gasteiger partial charge is 0.339 e. The number of benzene rings is 2. The van der Waals surface area contributed by atoms with E-state index in [1.165, 1.54) is 12.1 Å². The topological polar surface area (TPSA) is 87.7 Å². The fourth-order valence-corrected chi connectivity index (χ4v) is 2.66. The van der Waals surface area contributed by atoms with Gasteiger partial charge in [0.15, 0.2) is 11.3 Å². The van der Waals surface area contributed by atoms with Crippen LogP contribution in [0.3, 0.4) is 0 Å². The molecule has 0 bridgehead atoms. The van der Waals surface area contributed by atoms with Crippen molar-refractivity contribution in [1.29, 1.82) is 0 Å². The molecule has 2 N–H and O–H groups in total. The predicted molar refractivity (Wildman–Crippen MR) is 84.2 cm³/mol. The highest BCUT2D eigenvalue weighted by Crippen LogP contribution is 2.32. The zero-order valence-electron chi connectivity index (χ0n) is 11.0. The number of rotatable bonds is 2. The highest BCUT2D eigenvalue weighted by atomic mass is 79.9. The molecule has 5 nitrogen and oxygen atoms in total. The largest absolute Gasteiger partial charge is 0.502 e. The van der Waals surface area contributed by atoms with Crippen LogP contribution in [-0.4, -0.2) is 16.2 Å². The molecule has 0 aliphatic rings. The molecule has 0 unspecified atom stereocenters. The van der Waals surface area contributed by atoms with E-state index in [1.54, 1.807) is 30.3 Å². The summed E-state index contributed by atoms with van der Waals surface area (Å²) >= 11 is 3.15. The van der Waals surface area contributed by atoms with Crippen LogP contribution in [0, 0.1) is 0 Å². The Morgan fingerprint density at radius 1 is 1.14 bits per heavy atom. The summed E-state index contributed by atoms with van der Waals surface area (Å²) in [6, 6.07) is 11.3. The van der Waals surface area contributed by atoms with Crippen molar-refractivity contribution in [1.82, 2.24) is 0 Å². The lowest BCUT2D eigenvalue weighted by molar-refractivity contribution is 0.0697. The standard InChI is InChI=1S/C16H9BrO5/c17-9-6-10-12(18)13(19)14(8-4-2-1-3-5-8)22-15(10)11(7-9)16(20)21/h1-7,19H,(H,20,21). The first-order valence-electron chi connectivity index (χ1n) is 6.27. The van der Waals surface area contributed by atoms with Crippen molar-refractivity contribution in [3.8, 4) is 17.1 Å². The lowest BCUT2D eigenvalue weighted by Crippen LogP contribution is -2.06. The third-order valence-electron chi connectivity index (χ3n) is 3.20. The number of halogens is 1. The molecule has 0 spiro atoms. The summed E-state index contributed by atoms with van der Waals surface area (Å²) < 4.78 is 5.97. The number of carbonyl (C=O) groups is 1. The van der Waals surface area contributed by atoms with Gasteiger partial charge in [-0.25, -0.2) is 4.79 Å². The molecule has 110 valence electrons. The number of hydrogen-bond donors (Lipinski definition) is 2. The summed E-state index contributed by atoms with van der Waals surface area (Å²) in [4.78, 5) is 23.7. The molecule has 2 aromatic carbocycles. The second-order valence-corrected chi connectivity index (χ2v) is 5.53. The van der Waals surface area contributed by atoms with E-state index in [-0.39, 0.29) is 22.3 Å². The van der Waals surface area contributed by atoms with Gasteiger partial charge in [-0.15, -0.1) is 0 Å². The molecule has 0 atom stereocenters. The van der Waals surface area contributed by atoms with Gasteiger partial charge < -0.3 is 14.6 Å². The Morgan fingerprint density at radius 3 is 2.45 bits per heavy atom. The Kier molecular flexibility index (Phi) is 3.46. The van der Waals surface area contributed by atoms with Crippen LogP contribution in [0.15, 0.2) is 56.1 Å². The molecule has 0 radical (unpaired) electrons. The molecule has 0 saturated heterocycles. The average molecular weight is 361 g/mol.